The number of hydrogen-bond donors (Lipinski definition) is 4. The van der Waals surface area contributed by atoms with Gasteiger partial charge in [0.1, 0.15) is 17.0 Å². The van der Waals surface area contributed by atoms with E-state index in [1.807, 2.05) is 24.8 Å². The van der Waals surface area contributed by atoms with Gasteiger partial charge in [-0.05, 0) is 70.3 Å². The van der Waals surface area contributed by atoms with Crippen LogP contribution in [0.25, 0.3) is 10.2 Å². The van der Waals surface area contributed by atoms with Crippen LogP contribution in [0, 0.1) is 13.8 Å². The molecule has 1 atom stereocenters. The zero-order valence-corrected chi connectivity index (χ0v) is 27.0. The fraction of sp³-hybridized carbons (Fsp3) is 0.636. The summed E-state index contributed by atoms with van der Waals surface area (Å²) in [5.74, 6) is 1.25. The van der Waals surface area contributed by atoms with Crippen LogP contribution in [-0.2, 0) is 4.74 Å². The highest BCUT2D eigenvalue weighted by Crippen LogP contribution is 2.32. The lowest BCUT2D eigenvalue weighted by molar-refractivity contribution is -0.127. The number of piperidine rings is 1. The van der Waals surface area contributed by atoms with Crippen LogP contribution in [0.15, 0.2) is 27.4 Å². The molecule has 10 nitrogen and oxygen atoms in total. The third-order valence-corrected chi connectivity index (χ3v) is 10.2. The number of furan rings is 1. The number of unbranched alkanes of at least 4 members (excludes halogenated alkanes) is 6. The number of phenolic OH excluding ortho intramolecular Hbond substituents is 1. The van der Waals surface area contributed by atoms with E-state index in [0.29, 0.717) is 47.8 Å². The van der Waals surface area contributed by atoms with Gasteiger partial charge in [0, 0.05) is 31.7 Å². The molecule has 1 aromatic carbocycles. The van der Waals surface area contributed by atoms with Crippen molar-refractivity contribution in [3.63, 3.8) is 0 Å². The highest BCUT2D eigenvalue weighted by atomic mass is 32.1. The van der Waals surface area contributed by atoms with Gasteiger partial charge in [-0.1, -0.05) is 49.5 Å². The molecule has 2 saturated heterocycles. The van der Waals surface area contributed by atoms with Crippen molar-refractivity contribution in [1.82, 2.24) is 20.1 Å². The standard InChI is InChI=1S/C33H48N4O6S/c1-23-20-28(43-24(23)2)31(40)37-18-19-42-33(22-37)12-16-36(17-13-33)15-9-7-5-3-4-6-8-14-34-21-27(39)25-10-11-26(38)29-30(25)44-32(41)35-29/h10-11,20,27,34,38-39H,3-9,12-19,21-22H2,1-2H3,(H,35,41). The SMILES string of the molecule is Cc1cc(C(=O)N2CCOC3(CCN(CCCCCCCCCNCC(O)c4ccc(O)c5[nH]c(=O)sc45)CC3)C2)oc1C. The first-order valence-electron chi connectivity index (χ1n) is 16.2. The lowest BCUT2D eigenvalue weighted by Gasteiger charge is -2.47. The number of rotatable bonds is 14. The van der Waals surface area contributed by atoms with Crippen molar-refractivity contribution in [2.45, 2.75) is 83.3 Å². The number of likely N-dealkylation sites (tertiary alicyclic amines) is 1. The summed E-state index contributed by atoms with van der Waals surface area (Å²) in [5.41, 5.74) is 1.85. The van der Waals surface area contributed by atoms with Crippen molar-refractivity contribution in [3.8, 4) is 5.75 Å². The van der Waals surface area contributed by atoms with Crippen molar-refractivity contribution < 1.29 is 24.2 Å². The Morgan fingerprint density at radius 2 is 1.82 bits per heavy atom. The fourth-order valence-corrected chi connectivity index (χ4v) is 7.38. The van der Waals surface area contributed by atoms with Crippen molar-refractivity contribution in [2.75, 3.05) is 52.4 Å². The molecule has 2 aliphatic heterocycles. The number of aromatic amines is 1. The Morgan fingerprint density at radius 1 is 1.09 bits per heavy atom. The summed E-state index contributed by atoms with van der Waals surface area (Å²) in [7, 11) is 0. The number of carbonyl (C=O) groups excluding carboxylic acids is 1. The highest BCUT2D eigenvalue weighted by Gasteiger charge is 2.41. The summed E-state index contributed by atoms with van der Waals surface area (Å²) < 4.78 is 12.6. The van der Waals surface area contributed by atoms with E-state index in [4.69, 9.17) is 9.15 Å². The van der Waals surface area contributed by atoms with Crippen LogP contribution in [0.5, 0.6) is 5.75 Å². The molecular formula is C33H48N4O6S. The van der Waals surface area contributed by atoms with Gasteiger partial charge in [0.25, 0.3) is 5.91 Å². The van der Waals surface area contributed by atoms with E-state index in [0.717, 1.165) is 68.1 Å². The van der Waals surface area contributed by atoms with Crippen molar-refractivity contribution >= 4 is 27.5 Å². The largest absolute Gasteiger partial charge is 0.506 e. The molecule has 1 amide bonds. The van der Waals surface area contributed by atoms with Crippen LogP contribution < -0.4 is 10.2 Å². The number of amides is 1. The molecule has 5 rings (SSSR count). The normalized spacial score (nSPS) is 17.9. The number of hydrogen-bond acceptors (Lipinski definition) is 9. The summed E-state index contributed by atoms with van der Waals surface area (Å²) >= 11 is 1.01. The van der Waals surface area contributed by atoms with E-state index in [2.05, 4.69) is 15.2 Å². The molecule has 1 unspecified atom stereocenters. The number of fused-ring (bicyclic) bond motifs is 1. The molecule has 44 heavy (non-hydrogen) atoms. The number of aliphatic hydroxyl groups excluding tert-OH is 1. The van der Waals surface area contributed by atoms with Gasteiger partial charge in [-0.3, -0.25) is 9.59 Å². The maximum absolute atomic E-state index is 13.0. The van der Waals surface area contributed by atoms with Gasteiger partial charge < -0.3 is 39.5 Å². The number of nitrogens with zero attached hydrogens (tertiary/aromatic N) is 2. The maximum Gasteiger partial charge on any atom is 0.305 e. The number of aromatic nitrogens is 1. The topological polar surface area (TPSA) is 131 Å². The van der Waals surface area contributed by atoms with Gasteiger partial charge in [0.15, 0.2) is 5.76 Å². The van der Waals surface area contributed by atoms with Crippen LogP contribution in [-0.4, -0.2) is 88.9 Å². The first-order valence-corrected chi connectivity index (χ1v) is 17.0. The smallest absolute Gasteiger partial charge is 0.305 e. The summed E-state index contributed by atoms with van der Waals surface area (Å²) in [4.78, 5) is 31.6. The maximum atomic E-state index is 13.0. The molecule has 0 saturated carbocycles. The molecule has 2 aromatic heterocycles. The summed E-state index contributed by atoms with van der Waals surface area (Å²) in [6, 6.07) is 5.05. The molecular weight excluding hydrogens is 580 g/mol. The minimum Gasteiger partial charge on any atom is -0.506 e. The second-order valence-electron chi connectivity index (χ2n) is 12.5. The van der Waals surface area contributed by atoms with E-state index >= 15 is 0 Å². The van der Waals surface area contributed by atoms with E-state index in [-0.39, 0.29) is 22.1 Å². The second kappa shape index (κ2) is 15.1. The molecule has 4 N–H and O–H groups in total. The monoisotopic (exact) mass is 628 g/mol. The van der Waals surface area contributed by atoms with Crippen LogP contribution in [0.2, 0.25) is 0 Å². The predicted octanol–water partition coefficient (Wildman–Crippen LogP) is 4.87. The Balaban J connectivity index is 0.889. The number of aryl methyl sites for hydroxylation is 2. The number of H-pyrrole nitrogens is 1. The van der Waals surface area contributed by atoms with Crippen molar-refractivity contribution in [3.05, 3.63) is 50.5 Å². The molecule has 1 spiro atoms. The minimum atomic E-state index is -0.731. The van der Waals surface area contributed by atoms with E-state index in [9.17, 15) is 19.8 Å². The lowest BCUT2D eigenvalue weighted by atomic mass is 9.89. The molecule has 4 heterocycles. The Bertz CT molecular complexity index is 1420. The van der Waals surface area contributed by atoms with Gasteiger partial charge in [-0.25, -0.2) is 0 Å². The van der Waals surface area contributed by atoms with Gasteiger partial charge in [0.2, 0.25) is 0 Å². The van der Waals surface area contributed by atoms with E-state index < -0.39 is 6.10 Å². The molecule has 2 aliphatic rings. The van der Waals surface area contributed by atoms with Crippen LogP contribution in [0.3, 0.4) is 0 Å². The number of morpholine rings is 1. The van der Waals surface area contributed by atoms with Gasteiger partial charge in [-0.15, -0.1) is 0 Å². The Kier molecular flexibility index (Phi) is 11.2. The van der Waals surface area contributed by atoms with Gasteiger partial charge >= 0.3 is 4.87 Å². The third kappa shape index (κ3) is 8.11. The average Bonchev–Trinajstić information content (AvgIpc) is 3.58. The number of aliphatic hydroxyl groups is 1. The van der Waals surface area contributed by atoms with Crippen LogP contribution in [0.4, 0.5) is 0 Å². The van der Waals surface area contributed by atoms with Crippen molar-refractivity contribution in [2.24, 2.45) is 0 Å². The molecule has 242 valence electrons. The molecule has 2 fully saturated rings. The quantitative estimate of drug-likeness (QED) is 0.186. The first-order chi connectivity index (χ1) is 21.2. The van der Waals surface area contributed by atoms with Crippen molar-refractivity contribution in [1.29, 1.82) is 0 Å². The van der Waals surface area contributed by atoms with Crippen LogP contribution >= 0.6 is 11.3 Å². The Morgan fingerprint density at radius 3 is 2.55 bits per heavy atom. The van der Waals surface area contributed by atoms with E-state index in [1.54, 1.807) is 6.07 Å². The number of carbonyl (C=O) groups is 1. The van der Waals surface area contributed by atoms with Gasteiger partial charge in [0.05, 0.1) is 29.6 Å². The molecule has 0 bridgehead atoms. The average molecular weight is 629 g/mol. The number of thiazole rings is 1. The lowest BCUT2D eigenvalue weighted by Crippen LogP contribution is -2.58. The molecule has 3 aromatic rings. The summed E-state index contributed by atoms with van der Waals surface area (Å²) in [5, 5.41) is 23.9. The fourth-order valence-electron chi connectivity index (χ4n) is 6.46. The Labute approximate surface area is 263 Å². The second-order valence-corrected chi connectivity index (χ2v) is 13.5. The van der Waals surface area contributed by atoms with Gasteiger partial charge in [-0.2, -0.15) is 0 Å². The summed E-state index contributed by atoms with van der Waals surface area (Å²) in [6.07, 6.45) is 9.61. The number of phenols is 1. The minimum absolute atomic E-state index is 0.0218. The number of benzene rings is 1. The third-order valence-electron chi connectivity index (χ3n) is 9.29. The number of aromatic hydroxyl groups is 1. The number of nitrogens with one attached hydrogen (secondary N) is 2. The highest BCUT2D eigenvalue weighted by molar-refractivity contribution is 7.16. The zero-order valence-electron chi connectivity index (χ0n) is 26.2. The zero-order chi connectivity index (χ0) is 31.1. The van der Waals surface area contributed by atoms with E-state index in [1.165, 1.54) is 44.6 Å². The summed E-state index contributed by atoms with van der Waals surface area (Å²) in [6.45, 7) is 10.1. The molecule has 0 radical (unpaired) electrons. The predicted molar refractivity (Wildman–Crippen MR) is 173 cm³/mol. The first kappa shape index (κ1) is 32.7. The Hall–Kier alpha value is -2.70. The number of ether oxygens (including phenoxy) is 1. The molecule has 0 aliphatic carbocycles. The van der Waals surface area contributed by atoms with Crippen LogP contribution in [0.1, 0.15) is 91.3 Å². The molecule has 11 heteroatoms.